The molecule has 2 aromatic rings. The molecule has 0 fully saturated rings. The molecule has 7 heteroatoms. The summed E-state index contributed by atoms with van der Waals surface area (Å²) in [5.74, 6) is -2.13. The molecule has 0 aromatic heterocycles. The first-order chi connectivity index (χ1) is 11.9. The zero-order valence-electron chi connectivity index (χ0n) is 12.6. The van der Waals surface area contributed by atoms with Crippen LogP contribution in [0.15, 0.2) is 59.9 Å². The highest BCUT2D eigenvalue weighted by atomic mass is 35.5. The molecule has 0 spiro atoms. The Kier molecular flexibility index (Phi) is 4.21. The van der Waals surface area contributed by atoms with Crippen LogP contribution in [0.4, 0.5) is 5.69 Å². The summed E-state index contributed by atoms with van der Waals surface area (Å²) in [4.78, 5) is 34.7. The highest BCUT2D eigenvalue weighted by Gasteiger charge is 2.37. The second-order valence-electron chi connectivity index (χ2n) is 5.27. The number of hydrogen-bond acceptors (Lipinski definition) is 5. The standard InChI is InChI=1S/C18H10ClNO5/c19-13-7-6-10(9-14(13)20(24)25)8-12-16(21)15(18(23)17(12)22)11-4-2-1-3-5-11/h1-9,21H/b12-8-. The number of rotatable bonds is 3. The molecule has 124 valence electrons. The van der Waals surface area contributed by atoms with Gasteiger partial charge in [0, 0.05) is 6.07 Å². The lowest BCUT2D eigenvalue weighted by Crippen LogP contribution is -2.09. The summed E-state index contributed by atoms with van der Waals surface area (Å²) in [5.41, 5.74) is 0.0669. The Morgan fingerprint density at radius 1 is 1.04 bits per heavy atom. The Bertz CT molecular complexity index is 976. The van der Waals surface area contributed by atoms with E-state index in [4.69, 9.17) is 11.6 Å². The quantitative estimate of drug-likeness (QED) is 0.391. The minimum absolute atomic E-state index is 0.0503. The van der Waals surface area contributed by atoms with Gasteiger partial charge in [-0.1, -0.05) is 48.0 Å². The van der Waals surface area contributed by atoms with Crippen molar-refractivity contribution in [2.24, 2.45) is 0 Å². The van der Waals surface area contributed by atoms with Crippen molar-refractivity contribution in [3.63, 3.8) is 0 Å². The van der Waals surface area contributed by atoms with Gasteiger partial charge in [0.05, 0.1) is 16.1 Å². The molecule has 3 rings (SSSR count). The summed E-state index contributed by atoms with van der Waals surface area (Å²) in [6, 6.07) is 12.2. The molecule has 0 aliphatic heterocycles. The number of Topliss-reactive ketones (excluding diaryl/α,β-unsaturated/α-hetero) is 2. The topological polar surface area (TPSA) is 97.5 Å². The normalized spacial score (nSPS) is 16.0. The summed E-state index contributed by atoms with van der Waals surface area (Å²) in [7, 11) is 0. The van der Waals surface area contributed by atoms with E-state index >= 15 is 0 Å². The number of ketones is 2. The van der Waals surface area contributed by atoms with Crippen LogP contribution in [0.5, 0.6) is 0 Å². The van der Waals surface area contributed by atoms with Crippen LogP contribution in [-0.2, 0) is 9.59 Å². The third-order valence-electron chi connectivity index (χ3n) is 3.71. The molecule has 0 amide bonds. The van der Waals surface area contributed by atoms with Gasteiger partial charge in [0.2, 0.25) is 11.6 Å². The molecule has 25 heavy (non-hydrogen) atoms. The molecule has 1 N–H and O–H groups in total. The number of allylic oxidation sites excluding steroid dienone is 2. The minimum Gasteiger partial charge on any atom is -0.506 e. The summed E-state index contributed by atoms with van der Waals surface area (Å²) < 4.78 is 0. The zero-order chi connectivity index (χ0) is 18.1. The van der Waals surface area contributed by atoms with Crippen molar-refractivity contribution in [3.05, 3.63) is 86.1 Å². The van der Waals surface area contributed by atoms with E-state index in [0.29, 0.717) is 5.56 Å². The van der Waals surface area contributed by atoms with E-state index < -0.39 is 22.2 Å². The van der Waals surface area contributed by atoms with Gasteiger partial charge < -0.3 is 5.11 Å². The largest absolute Gasteiger partial charge is 0.506 e. The van der Waals surface area contributed by atoms with Crippen LogP contribution in [0.2, 0.25) is 5.02 Å². The van der Waals surface area contributed by atoms with Crippen molar-refractivity contribution in [1.29, 1.82) is 0 Å². The molecule has 0 unspecified atom stereocenters. The third-order valence-corrected chi connectivity index (χ3v) is 4.03. The van der Waals surface area contributed by atoms with E-state index in [1.165, 1.54) is 24.3 Å². The maximum absolute atomic E-state index is 12.2. The number of halogens is 1. The summed E-state index contributed by atoms with van der Waals surface area (Å²) >= 11 is 5.75. The maximum Gasteiger partial charge on any atom is 0.288 e. The molecular weight excluding hydrogens is 346 g/mol. The molecule has 6 nitrogen and oxygen atoms in total. The van der Waals surface area contributed by atoms with Crippen molar-refractivity contribution in [2.75, 3.05) is 0 Å². The third kappa shape index (κ3) is 2.95. The first kappa shape index (κ1) is 16.6. The fraction of sp³-hybridized carbons (Fsp3) is 0. The lowest BCUT2D eigenvalue weighted by atomic mass is 10.0. The molecule has 0 heterocycles. The number of carbonyl (C=O) groups is 2. The molecule has 2 aromatic carbocycles. The first-order valence-corrected chi connectivity index (χ1v) is 7.51. The summed E-state index contributed by atoms with van der Waals surface area (Å²) in [6.45, 7) is 0. The van der Waals surface area contributed by atoms with E-state index in [1.54, 1.807) is 30.3 Å². The fourth-order valence-corrected chi connectivity index (χ4v) is 2.70. The Labute approximate surface area is 146 Å². The first-order valence-electron chi connectivity index (χ1n) is 7.14. The van der Waals surface area contributed by atoms with Gasteiger partial charge >= 0.3 is 0 Å². The van der Waals surface area contributed by atoms with Gasteiger partial charge in [0.15, 0.2) is 0 Å². The number of nitro groups is 1. The number of aliphatic hydroxyl groups excluding tert-OH is 1. The van der Waals surface area contributed by atoms with Crippen LogP contribution in [0.3, 0.4) is 0 Å². The lowest BCUT2D eigenvalue weighted by molar-refractivity contribution is -0.384. The smallest absolute Gasteiger partial charge is 0.288 e. The molecule has 0 saturated carbocycles. The van der Waals surface area contributed by atoms with Crippen LogP contribution in [0, 0.1) is 10.1 Å². The van der Waals surface area contributed by atoms with Gasteiger partial charge in [-0.3, -0.25) is 19.7 Å². The van der Waals surface area contributed by atoms with E-state index in [-0.39, 0.29) is 27.4 Å². The maximum atomic E-state index is 12.2. The van der Waals surface area contributed by atoms with Gasteiger partial charge in [0.1, 0.15) is 10.8 Å². The second kappa shape index (κ2) is 6.33. The molecule has 0 saturated heterocycles. The van der Waals surface area contributed by atoms with Gasteiger partial charge in [-0.15, -0.1) is 0 Å². The molecule has 0 radical (unpaired) electrons. The molecule has 0 atom stereocenters. The molecule has 0 bridgehead atoms. The average molecular weight is 356 g/mol. The number of nitrogens with zero attached hydrogens (tertiary/aromatic N) is 1. The second-order valence-corrected chi connectivity index (χ2v) is 5.68. The van der Waals surface area contributed by atoms with E-state index in [2.05, 4.69) is 0 Å². The predicted molar refractivity (Wildman–Crippen MR) is 92.1 cm³/mol. The Morgan fingerprint density at radius 2 is 1.72 bits per heavy atom. The van der Waals surface area contributed by atoms with Crippen LogP contribution in [0.1, 0.15) is 11.1 Å². The SMILES string of the molecule is O=C1C(=O)/C(=C\c2ccc(Cl)c([N+](=O)[O-])c2)C(O)=C1c1ccccc1. The fourth-order valence-electron chi connectivity index (χ4n) is 2.52. The molecular formula is C18H10ClNO5. The average Bonchev–Trinajstić information content (AvgIpc) is 2.80. The van der Waals surface area contributed by atoms with Crippen LogP contribution >= 0.6 is 11.6 Å². The van der Waals surface area contributed by atoms with Crippen LogP contribution < -0.4 is 0 Å². The minimum atomic E-state index is -0.867. The number of carbonyl (C=O) groups excluding carboxylic acids is 2. The van der Waals surface area contributed by atoms with E-state index in [1.807, 2.05) is 0 Å². The lowest BCUT2D eigenvalue weighted by Gasteiger charge is -2.01. The monoisotopic (exact) mass is 355 g/mol. The van der Waals surface area contributed by atoms with Crippen molar-refractivity contribution >= 4 is 40.5 Å². The molecule has 1 aliphatic carbocycles. The van der Waals surface area contributed by atoms with Crippen molar-refractivity contribution in [2.45, 2.75) is 0 Å². The molecule has 1 aliphatic rings. The highest BCUT2D eigenvalue weighted by molar-refractivity contribution is 6.63. The van der Waals surface area contributed by atoms with Crippen LogP contribution in [-0.4, -0.2) is 21.6 Å². The van der Waals surface area contributed by atoms with E-state index in [0.717, 1.165) is 0 Å². The van der Waals surface area contributed by atoms with Gasteiger partial charge in [-0.25, -0.2) is 0 Å². The van der Waals surface area contributed by atoms with Crippen LogP contribution in [0.25, 0.3) is 11.6 Å². The highest BCUT2D eigenvalue weighted by Crippen LogP contribution is 2.33. The summed E-state index contributed by atoms with van der Waals surface area (Å²) in [5, 5.41) is 21.2. The summed E-state index contributed by atoms with van der Waals surface area (Å²) in [6.07, 6.45) is 1.23. The van der Waals surface area contributed by atoms with Gasteiger partial charge in [-0.2, -0.15) is 0 Å². The Hall–Kier alpha value is -3.25. The predicted octanol–water partition coefficient (Wildman–Crippen LogP) is 3.75. The van der Waals surface area contributed by atoms with Gasteiger partial charge in [-0.05, 0) is 23.3 Å². The van der Waals surface area contributed by atoms with E-state index in [9.17, 15) is 24.8 Å². The zero-order valence-corrected chi connectivity index (χ0v) is 13.4. The van der Waals surface area contributed by atoms with Crippen molar-refractivity contribution < 1.29 is 19.6 Å². The number of benzene rings is 2. The van der Waals surface area contributed by atoms with Crippen molar-refractivity contribution in [1.82, 2.24) is 0 Å². The Balaban J connectivity index is 2.11. The van der Waals surface area contributed by atoms with Crippen molar-refractivity contribution in [3.8, 4) is 0 Å². The number of nitro benzene ring substituents is 1. The Morgan fingerprint density at radius 3 is 2.36 bits per heavy atom. The number of hydrogen-bond donors (Lipinski definition) is 1. The van der Waals surface area contributed by atoms with Gasteiger partial charge in [0.25, 0.3) is 5.69 Å². The number of aliphatic hydroxyl groups is 1.